The summed E-state index contributed by atoms with van der Waals surface area (Å²) in [5.74, 6) is 1.35. The Hall–Kier alpha value is -1.07. The summed E-state index contributed by atoms with van der Waals surface area (Å²) in [6.07, 6.45) is 3.40. The van der Waals surface area contributed by atoms with Crippen molar-refractivity contribution in [3.8, 4) is 0 Å². The maximum Gasteiger partial charge on any atom is 0.225 e. The highest BCUT2D eigenvalue weighted by Gasteiger charge is 2.18. The van der Waals surface area contributed by atoms with E-state index < -0.39 is 0 Å². The smallest absolute Gasteiger partial charge is 0.225 e. The van der Waals surface area contributed by atoms with Gasteiger partial charge in [0.15, 0.2) is 0 Å². The summed E-state index contributed by atoms with van der Waals surface area (Å²) in [6.45, 7) is 6.08. The molecule has 0 saturated carbocycles. The summed E-state index contributed by atoms with van der Waals surface area (Å²) in [7, 11) is 0. The molecule has 1 amide bonds. The molecule has 2 rings (SSSR count). The number of carbonyl (C=O) groups is 1. The fourth-order valence-electron chi connectivity index (χ4n) is 2.17. The fourth-order valence-corrected chi connectivity index (χ4v) is 2.17. The number of nitrogens with zero attached hydrogens (tertiary/aromatic N) is 2. The first-order valence-corrected chi connectivity index (χ1v) is 6.21. The predicted molar refractivity (Wildman–Crippen MR) is 74.1 cm³/mol. The van der Waals surface area contributed by atoms with E-state index in [1.54, 1.807) is 6.20 Å². The monoisotopic (exact) mass is 272 g/mol. The molecule has 2 heterocycles. The van der Waals surface area contributed by atoms with E-state index in [1.165, 1.54) is 0 Å². The minimum atomic E-state index is 0. The van der Waals surface area contributed by atoms with Gasteiger partial charge in [0.2, 0.25) is 5.91 Å². The molecule has 1 fully saturated rings. The molecule has 1 aliphatic heterocycles. The van der Waals surface area contributed by atoms with Crippen molar-refractivity contribution in [1.29, 1.82) is 0 Å². The molecule has 1 atom stereocenters. The second-order valence-corrected chi connectivity index (χ2v) is 4.87. The van der Waals surface area contributed by atoms with Crippen LogP contribution in [0.4, 0.5) is 5.82 Å². The largest absolute Gasteiger partial charge is 0.316 e. The minimum absolute atomic E-state index is 0. The SMILES string of the molecule is CC(C)n1nccc1NC(=O)CC1CCNC1.Cl. The van der Waals surface area contributed by atoms with Gasteiger partial charge >= 0.3 is 0 Å². The van der Waals surface area contributed by atoms with Crippen LogP contribution in [0.15, 0.2) is 12.3 Å². The number of carbonyl (C=O) groups excluding carboxylic acids is 1. The van der Waals surface area contributed by atoms with Gasteiger partial charge in [-0.1, -0.05) is 0 Å². The highest BCUT2D eigenvalue weighted by Crippen LogP contribution is 2.16. The second kappa shape index (κ2) is 6.75. The van der Waals surface area contributed by atoms with Crippen LogP contribution in [0.5, 0.6) is 0 Å². The van der Waals surface area contributed by atoms with Crippen LogP contribution in [0, 0.1) is 5.92 Å². The first-order valence-electron chi connectivity index (χ1n) is 6.21. The first-order chi connectivity index (χ1) is 8.16. The number of hydrogen-bond donors (Lipinski definition) is 2. The van der Waals surface area contributed by atoms with Crippen molar-refractivity contribution in [2.75, 3.05) is 18.4 Å². The van der Waals surface area contributed by atoms with Crippen molar-refractivity contribution in [2.24, 2.45) is 5.92 Å². The van der Waals surface area contributed by atoms with Crippen molar-refractivity contribution in [2.45, 2.75) is 32.7 Å². The standard InChI is InChI=1S/C12H20N4O.ClH/c1-9(2)16-11(4-6-14-16)15-12(17)7-10-3-5-13-8-10;/h4,6,9-10,13H,3,5,7-8H2,1-2H3,(H,15,17);1H. The highest BCUT2D eigenvalue weighted by molar-refractivity contribution is 5.90. The van der Waals surface area contributed by atoms with Crippen molar-refractivity contribution in [3.05, 3.63) is 12.3 Å². The van der Waals surface area contributed by atoms with Crippen LogP contribution in [0.3, 0.4) is 0 Å². The molecule has 6 heteroatoms. The Morgan fingerprint density at radius 1 is 1.67 bits per heavy atom. The number of rotatable bonds is 4. The number of aromatic nitrogens is 2. The molecule has 1 aromatic heterocycles. The average Bonchev–Trinajstić information content (AvgIpc) is 2.88. The molecule has 0 radical (unpaired) electrons. The third kappa shape index (κ3) is 3.71. The van der Waals surface area contributed by atoms with E-state index >= 15 is 0 Å². The van der Waals surface area contributed by atoms with Gasteiger partial charge in [0, 0.05) is 18.5 Å². The Kier molecular flexibility index (Phi) is 5.62. The van der Waals surface area contributed by atoms with Crippen LogP contribution in [-0.2, 0) is 4.79 Å². The van der Waals surface area contributed by atoms with Crippen molar-refractivity contribution in [1.82, 2.24) is 15.1 Å². The first kappa shape index (κ1) is 15.0. The number of amides is 1. The van der Waals surface area contributed by atoms with Crippen molar-refractivity contribution in [3.63, 3.8) is 0 Å². The lowest BCUT2D eigenvalue weighted by molar-refractivity contribution is -0.117. The van der Waals surface area contributed by atoms with Gasteiger partial charge in [-0.3, -0.25) is 4.79 Å². The zero-order valence-electron chi connectivity index (χ0n) is 10.8. The van der Waals surface area contributed by atoms with Crippen LogP contribution in [-0.4, -0.2) is 28.8 Å². The lowest BCUT2D eigenvalue weighted by Crippen LogP contribution is -2.20. The Bertz CT molecular complexity index is 385. The molecule has 1 aromatic rings. The third-order valence-corrected chi connectivity index (χ3v) is 3.06. The van der Waals surface area contributed by atoms with Crippen LogP contribution in [0.2, 0.25) is 0 Å². The van der Waals surface area contributed by atoms with Gasteiger partial charge in [-0.15, -0.1) is 12.4 Å². The summed E-state index contributed by atoms with van der Waals surface area (Å²) in [5, 5.41) is 10.4. The van der Waals surface area contributed by atoms with E-state index in [2.05, 4.69) is 15.7 Å². The number of halogens is 1. The normalized spacial score (nSPS) is 18.7. The van der Waals surface area contributed by atoms with Crippen molar-refractivity contribution >= 4 is 24.1 Å². The van der Waals surface area contributed by atoms with Crippen LogP contribution >= 0.6 is 12.4 Å². The summed E-state index contributed by atoms with van der Waals surface area (Å²) < 4.78 is 1.82. The van der Waals surface area contributed by atoms with E-state index in [1.807, 2.05) is 24.6 Å². The molecule has 2 N–H and O–H groups in total. The fraction of sp³-hybridized carbons (Fsp3) is 0.667. The van der Waals surface area contributed by atoms with Gasteiger partial charge in [0.05, 0.1) is 6.20 Å². The van der Waals surface area contributed by atoms with Gasteiger partial charge in [-0.25, -0.2) is 4.68 Å². The molecule has 102 valence electrons. The van der Waals surface area contributed by atoms with Gasteiger partial charge in [-0.2, -0.15) is 5.10 Å². The Labute approximate surface area is 114 Å². The number of nitrogens with one attached hydrogen (secondary N) is 2. The van der Waals surface area contributed by atoms with E-state index in [-0.39, 0.29) is 24.4 Å². The molecule has 0 aliphatic carbocycles. The molecular weight excluding hydrogens is 252 g/mol. The molecule has 0 bridgehead atoms. The second-order valence-electron chi connectivity index (χ2n) is 4.87. The third-order valence-electron chi connectivity index (χ3n) is 3.06. The lowest BCUT2D eigenvalue weighted by atomic mass is 10.0. The maximum absolute atomic E-state index is 11.9. The average molecular weight is 273 g/mol. The molecule has 0 aromatic carbocycles. The summed E-state index contributed by atoms with van der Waals surface area (Å²) >= 11 is 0. The van der Waals surface area contributed by atoms with Crippen LogP contribution in [0.1, 0.15) is 32.7 Å². The van der Waals surface area contributed by atoms with Crippen LogP contribution < -0.4 is 10.6 Å². The number of anilines is 1. The van der Waals surface area contributed by atoms with Crippen molar-refractivity contribution < 1.29 is 4.79 Å². The van der Waals surface area contributed by atoms with Gasteiger partial charge in [0.25, 0.3) is 0 Å². The summed E-state index contributed by atoms with van der Waals surface area (Å²) in [6, 6.07) is 2.10. The van der Waals surface area contributed by atoms with E-state index in [4.69, 9.17) is 0 Å². The zero-order valence-corrected chi connectivity index (χ0v) is 11.7. The van der Waals surface area contributed by atoms with E-state index in [0.29, 0.717) is 12.3 Å². The zero-order chi connectivity index (χ0) is 12.3. The molecule has 1 unspecified atom stereocenters. The summed E-state index contributed by atoms with van der Waals surface area (Å²) in [4.78, 5) is 11.9. The lowest BCUT2D eigenvalue weighted by Gasteiger charge is -2.13. The minimum Gasteiger partial charge on any atom is -0.316 e. The van der Waals surface area contributed by atoms with E-state index in [9.17, 15) is 4.79 Å². The molecule has 1 aliphatic rings. The molecule has 5 nitrogen and oxygen atoms in total. The van der Waals surface area contributed by atoms with Gasteiger partial charge < -0.3 is 10.6 Å². The Balaban J connectivity index is 0.00000162. The number of hydrogen-bond acceptors (Lipinski definition) is 3. The molecule has 0 spiro atoms. The molecular formula is C12H21ClN4O. The predicted octanol–water partition coefficient (Wildman–Crippen LogP) is 1.82. The van der Waals surface area contributed by atoms with Gasteiger partial charge in [0.1, 0.15) is 5.82 Å². The molecule has 18 heavy (non-hydrogen) atoms. The Morgan fingerprint density at radius 2 is 2.44 bits per heavy atom. The topological polar surface area (TPSA) is 59.0 Å². The maximum atomic E-state index is 11.9. The Morgan fingerprint density at radius 3 is 3.06 bits per heavy atom. The van der Waals surface area contributed by atoms with E-state index in [0.717, 1.165) is 25.3 Å². The molecule has 1 saturated heterocycles. The quantitative estimate of drug-likeness (QED) is 0.879. The van der Waals surface area contributed by atoms with Crippen LogP contribution in [0.25, 0.3) is 0 Å². The highest BCUT2D eigenvalue weighted by atomic mass is 35.5. The summed E-state index contributed by atoms with van der Waals surface area (Å²) in [5.41, 5.74) is 0. The van der Waals surface area contributed by atoms with Gasteiger partial charge in [-0.05, 0) is 39.3 Å².